The first kappa shape index (κ1) is 16.1. The van der Waals surface area contributed by atoms with Crippen LogP contribution in [0.1, 0.15) is 23.2 Å². The van der Waals surface area contributed by atoms with Gasteiger partial charge in [-0.3, -0.25) is 19.7 Å². The van der Waals surface area contributed by atoms with E-state index in [-0.39, 0.29) is 17.7 Å². The Morgan fingerprint density at radius 3 is 2.19 bits per heavy atom. The van der Waals surface area contributed by atoms with Gasteiger partial charge in [-0.15, -0.1) is 0 Å². The van der Waals surface area contributed by atoms with E-state index < -0.39 is 35.2 Å². The third kappa shape index (κ3) is 4.90. The Morgan fingerprint density at radius 2 is 1.76 bits per heavy atom. The van der Waals surface area contributed by atoms with E-state index in [0.29, 0.717) is 0 Å². The van der Waals surface area contributed by atoms with Crippen LogP contribution in [0.2, 0.25) is 0 Å². The molecule has 0 saturated carbocycles. The van der Waals surface area contributed by atoms with E-state index >= 15 is 0 Å². The fourth-order valence-corrected chi connectivity index (χ4v) is 1.50. The van der Waals surface area contributed by atoms with Crippen LogP contribution in [0.3, 0.4) is 0 Å². The van der Waals surface area contributed by atoms with Crippen LogP contribution in [-0.2, 0) is 9.59 Å². The van der Waals surface area contributed by atoms with Crippen LogP contribution < -0.4 is 5.32 Å². The highest BCUT2D eigenvalue weighted by Gasteiger charge is 2.21. The van der Waals surface area contributed by atoms with E-state index in [9.17, 15) is 24.5 Å². The average molecular weight is 296 g/mol. The van der Waals surface area contributed by atoms with Crippen LogP contribution in [0.4, 0.5) is 5.69 Å². The predicted molar refractivity (Wildman–Crippen MR) is 68.9 cm³/mol. The van der Waals surface area contributed by atoms with Crippen molar-refractivity contribution in [2.24, 2.45) is 0 Å². The first-order valence-electron chi connectivity index (χ1n) is 5.81. The van der Waals surface area contributed by atoms with Crippen LogP contribution in [-0.4, -0.2) is 39.0 Å². The number of hydrogen-bond acceptors (Lipinski definition) is 5. The SMILES string of the molecule is O=C(O)CC[C@@H](NC(=O)c1ccc([N+](=O)[O-])cc1)C(=O)O. The molecule has 9 heteroatoms. The van der Waals surface area contributed by atoms with Crippen LogP contribution in [0, 0.1) is 10.1 Å². The van der Waals surface area contributed by atoms with Crippen molar-refractivity contribution < 1.29 is 29.5 Å². The Bertz CT molecular complexity index is 567. The summed E-state index contributed by atoms with van der Waals surface area (Å²) in [6, 6.07) is 3.25. The third-order valence-corrected chi connectivity index (χ3v) is 2.59. The molecule has 0 aliphatic heterocycles. The highest BCUT2D eigenvalue weighted by molar-refractivity contribution is 5.96. The second-order valence-electron chi connectivity index (χ2n) is 4.10. The Labute approximate surface area is 118 Å². The highest BCUT2D eigenvalue weighted by Crippen LogP contribution is 2.12. The zero-order valence-electron chi connectivity index (χ0n) is 10.7. The van der Waals surface area contributed by atoms with Gasteiger partial charge in [0, 0.05) is 24.1 Å². The minimum Gasteiger partial charge on any atom is -0.481 e. The van der Waals surface area contributed by atoms with Crippen molar-refractivity contribution in [3.8, 4) is 0 Å². The number of nitro benzene ring substituents is 1. The van der Waals surface area contributed by atoms with E-state index in [4.69, 9.17) is 10.2 Å². The number of nitrogens with one attached hydrogen (secondary N) is 1. The first-order valence-corrected chi connectivity index (χ1v) is 5.81. The molecule has 0 spiro atoms. The Morgan fingerprint density at radius 1 is 1.19 bits per heavy atom. The van der Waals surface area contributed by atoms with Crippen LogP contribution in [0.25, 0.3) is 0 Å². The highest BCUT2D eigenvalue weighted by atomic mass is 16.6. The van der Waals surface area contributed by atoms with Crippen molar-refractivity contribution in [2.45, 2.75) is 18.9 Å². The summed E-state index contributed by atoms with van der Waals surface area (Å²) in [6.07, 6.45) is -0.666. The maximum Gasteiger partial charge on any atom is 0.326 e. The molecule has 1 amide bonds. The van der Waals surface area contributed by atoms with Crippen LogP contribution in [0.5, 0.6) is 0 Å². The number of benzene rings is 1. The molecular formula is C12H12N2O7. The number of carboxylic acids is 2. The van der Waals surface area contributed by atoms with Crippen molar-refractivity contribution in [3.63, 3.8) is 0 Å². The number of carbonyl (C=O) groups is 3. The molecule has 21 heavy (non-hydrogen) atoms. The van der Waals surface area contributed by atoms with E-state index in [0.717, 1.165) is 12.1 Å². The van der Waals surface area contributed by atoms with Gasteiger partial charge < -0.3 is 15.5 Å². The molecule has 112 valence electrons. The summed E-state index contributed by atoms with van der Waals surface area (Å²) in [5.41, 5.74) is -0.158. The molecule has 3 N–H and O–H groups in total. The van der Waals surface area contributed by atoms with Gasteiger partial charge in [0.05, 0.1) is 4.92 Å². The van der Waals surface area contributed by atoms with E-state index in [1.165, 1.54) is 12.1 Å². The van der Waals surface area contributed by atoms with Gasteiger partial charge in [0.15, 0.2) is 0 Å². The summed E-state index contributed by atoms with van der Waals surface area (Å²) in [7, 11) is 0. The maximum atomic E-state index is 11.8. The van der Waals surface area contributed by atoms with E-state index in [2.05, 4.69) is 5.32 Å². The first-order chi connectivity index (χ1) is 9.81. The Kier molecular flexibility index (Phi) is 5.35. The lowest BCUT2D eigenvalue weighted by Gasteiger charge is -2.13. The van der Waals surface area contributed by atoms with Gasteiger partial charge in [-0.2, -0.15) is 0 Å². The largest absolute Gasteiger partial charge is 0.481 e. The molecule has 0 heterocycles. The number of non-ortho nitro benzene ring substituents is 1. The number of amides is 1. The summed E-state index contributed by atoms with van der Waals surface area (Å²) in [5.74, 6) is -3.28. The fraction of sp³-hybridized carbons (Fsp3) is 0.250. The van der Waals surface area contributed by atoms with Crippen molar-refractivity contribution in [1.29, 1.82) is 0 Å². The average Bonchev–Trinajstić information content (AvgIpc) is 2.42. The van der Waals surface area contributed by atoms with Crippen molar-refractivity contribution in [1.82, 2.24) is 5.32 Å². The molecule has 0 radical (unpaired) electrons. The molecular weight excluding hydrogens is 284 g/mol. The molecule has 0 saturated heterocycles. The molecule has 0 fully saturated rings. The molecule has 0 aliphatic carbocycles. The Hall–Kier alpha value is -2.97. The second-order valence-corrected chi connectivity index (χ2v) is 4.10. The zero-order chi connectivity index (χ0) is 16.0. The molecule has 0 unspecified atom stereocenters. The normalized spacial score (nSPS) is 11.4. The number of carbonyl (C=O) groups excluding carboxylic acids is 1. The van der Waals surface area contributed by atoms with Gasteiger partial charge in [-0.05, 0) is 18.6 Å². The number of aliphatic carboxylic acids is 2. The zero-order valence-corrected chi connectivity index (χ0v) is 10.7. The molecule has 1 atom stereocenters. The van der Waals surface area contributed by atoms with Gasteiger partial charge in [-0.25, -0.2) is 4.79 Å². The molecule has 0 bridgehead atoms. The molecule has 0 aliphatic rings. The molecule has 1 aromatic carbocycles. The Balaban J connectivity index is 2.74. The lowest BCUT2D eigenvalue weighted by atomic mass is 10.1. The number of nitro groups is 1. The monoisotopic (exact) mass is 296 g/mol. The van der Waals surface area contributed by atoms with Crippen molar-refractivity contribution in [2.75, 3.05) is 0 Å². The number of nitrogens with zero attached hydrogens (tertiary/aromatic N) is 1. The lowest BCUT2D eigenvalue weighted by Crippen LogP contribution is -2.41. The third-order valence-electron chi connectivity index (χ3n) is 2.59. The summed E-state index contributed by atoms with van der Waals surface area (Å²) >= 11 is 0. The van der Waals surface area contributed by atoms with Crippen molar-refractivity contribution in [3.05, 3.63) is 39.9 Å². The predicted octanol–water partition coefficient (Wildman–Crippen LogP) is 0.643. The standard InChI is InChI=1S/C12H12N2O7/c15-10(16)6-5-9(12(18)19)13-11(17)7-1-3-8(4-2-7)14(20)21/h1-4,9H,5-6H2,(H,13,17)(H,15,16)(H,18,19)/t9-/m1/s1. The van der Waals surface area contributed by atoms with E-state index in [1.54, 1.807) is 0 Å². The number of rotatable bonds is 7. The molecule has 1 aromatic rings. The second kappa shape index (κ2) is 6.98. The number of carboxylic acid groups (broad SMARTS) is 2. The minimum absolute atomic E-state index is 0.0437. The van der Waals surface area contributed by atoms with Gasteiger partial charge in [0.2, 0.25) is 0 Å². The van der Waals surface area contributed by atoms with E-state index in [1.807, 2.05) is 0 Å². The quantitative estimate of drug-likeness (QED) is 0.494. The molecule has 1 rings (SSSR count). The summed E-state index contributed by atoms with van der Waals surface area (Å²) in [5, 5.41) is 30.0. The summed E-state index contributed by atoms with van der Waals surface area (Å²) < 4.78 is 0. The van der Waals surface area contributed by atoms with Gasteiger partial charge in [0.1, 0.15) is 6.04 Å². The van der Waals surface area contributed by atoms with Gasteiger partial charge in [-0.1, -0.05) is 0 Å². The fourth-order valence-electron chi connectivity index (χ4n) is 1.50. The number of hydrogen-bond donors (Lipinski definition) is 3. The maximum absolute atomic E-state index is 11.8. The smallest absolute Gasteiger partial charge is 0.326 e. The molecule has 9 nitrogen and oxygen atoms in total. The van der Waals surface area contributed by atoms with Gasteiger partial charge in [0.25, 0.3) is 11.6 Å². The summed E-state index contributed by atoms with van der Waals surface area (Å²) in [4.78, 5) is 43.0. The minimum atomic E-state index is -1.36. The summed E-state index contributed by atoms with van der Waals surface area (Å²) in [6.45, 7) is 0. The van der Waals surface area contributed by atoms with Gasteiger partial charge >= 0.3 is 11.9 Å². The van der Waals surface area contributed by atoms with Crippen LogP contribution >= 0.6 is 0 Å². The van der Waals surface area contributed by atoms with Crippen molar-refractivity contribution >= 4 is 23.5 Å². The lowest BCUT2D eigenvalue weighted by molar-refractivity contribution is -0.384. The van der Waals surface area contributed by atoms with Crippen LogP contribution in [0.15, 0.2) is 24.3 Å². The topological polar surface area (TPSA) is 147 Å². The molecule has 0 aromatic heterocycles.